The Morgan fingerprint density at radius 3 is 2.36 bits per heavy atom. The Hall–Kier alpha value is -4.92. The van der Waals surface area contributed by atoms with Crippen LogP contribution in [-0.2, 0) is 24.0 Å². The summed E-state index contributed by atoms with van der Waals surface area (Å²) in [6, 6.07) is 28.2. The van der Waals surface area contributed by atoms with Crippen molar-refractivity contribution in [2.45, 2.75) is 17.5 Å². The van der Waals surface area contributed by atoms with E-state index in [9.17, 15) is 14.4 Å². The first-order valence-corrected chi connectivity index (χ1v) is 18.5. The molecule has 2 aliphatic heterocycles. The molecule has 11 nitrogen and oxygen atoms in total. The van der Waals surface area contributed by atoms with E-state index in [4.69, 9.17) is 15.3 Å². The van der Waals surface area contributed by atoms with Gasteiger partial charge in [-0.3, -0.25) is 14.4 Å². The molecule has 1 aromatic heterocycles. The number of anilines is 1. The second kappa shape index (κ2) is 16.2. The van der Waals surface area contributed by atoms with Gasteiger partial charge in [0.2, 0.25) is 17.4 Å². The van der Waals surface area contributed by atoms with Crippen molar-refractivity contribution in [2.75, 3.05) is 30.4 Å². The lowest BCUT2D eigenvalue weighted by Crippen LogP contribution is -2.74. The van der Waals surface area contributed by atoms with E-state index in [1.54, 1.807) is 4.90 Å². The molecule has 3 atom stereocenters. The van der Waals surface area contributed by atoms with Gasteiger partial charge < -0.3 is 25.5 Å². The summed E-state index contributed by atoms with van der Waals surface area (Å²) >= 11 is 3.83. The summed E-state index contributed by atoms with van der Waals surface area (Å²) in [5.74, 6) is -0.678. The Kier molecular flexibility index (Phi) is 11.3. The quantitative estimate of drug-likeness (QED) is 0.0446. The third-order valence-corrected chi connectivity index (χ3v) is 11.2. The summed E-state index contributed by atoms with van der Waals surface area (Å²) < 4.78 is 10.5. The van der Waals surface area contributed by atoms with Crippen LogP contribution in [0.1, 0.15) is 28.6 Å². The van der Waals surface area contributed by atoms with E-state index in [-0.39, 0.29) is 35.7 Å². The zero-order valence-corrected chi connectivity index (χ0v) is 29.2. The molecule has 3 aromatic carbocycles. The first kappa shape index (κ1) is 34.9. The largest absolute Gasteiger partial charge is 0.452 e. The van der Waals surface area contributed by atoms with Crippen LogP contribution < -0.4 is 11.1 Å². The molecule has 0 radical (unpaired) electrons. The molecular formula is C36H34N6O5S3. The van der Waals surface area contributed by atoms with Crippen LogP contribution in [0.3, 0.4) is 0 Å². The van der Waals surface area contributed by atoms with Crippen molar-refractivity contribution >= 4 is 69.8 Å². The SMILES string of the molecule is C=CCON=C(C(=O)NC1C(=O)N2CC(CSC=Cc3ccccc3)(C(=O)OC(c3ccccc3)c3ccccc3)CS[C@H]12)c1nsc(N)n1. The van der Waals surface area contributed by atoms with Crippen molar-refractivity contribution in [3.8, 4) is 0 Å². The van der Waals surface area contributed by atoms with Crippen LogP contribution >= 0.6 is 35.1 Å². The zero-order chi connectivity index (χ0) is 34.9. The lowest BCUT2D eigenvalue weighted by Gasteiger charge is -2.54. The van der Waals surface area contributed by atoms with E-state index in [0.29, 0.717) is 11.5 Å². The standard InChI is InChI=1S/C36H34N6O5S3/c1-2-19-46-40-27(30-39-35(37)50-41-30)31(43)38-28-32(44)42-21-36(23-49-33(28)42,22-48-20-18-24-12-6-3-7-13-24)34(45)47-29(25-14-8-4-9-15-25)26-16-10-5-11-17-26/h2-18,20,28-29,33H,1,19,21-23H2,(H,38,43)(H2,37,39,41)/t28?,33-,36?/m1/s1. The molecule has 2 saturated heterocycles. The maximum Gasteiger partial charge on any atom is 0.316 e. The molecule has 14 heteroatoms. The number of nitrogens with two attached hydrogens (primary N) is 1. The highest BCUT2D eigenvalue weighted by molar-refractivity contribution is 8.02. The zero-order valence-electron chi connectivity index (χ0n) is 26.8. The van der Waals surface area contributed by atoms with Gasteiger partial charge in [-0.15, -0.1) is 23.5 Å². The van der Waals surface area contributed by atoms with Gasteiger partial charge in [-0.05, 0) is 28.2 Å². The Bertz CT molecular complexity index is 1840. The number of aromatic nitrogens is 2. The number of oxime groups is 1. The number of hydrogen-bond acceptors (Lipinski definition) is 12. The number of ether oxygens (including phenoxy) is 1. The molecular weight excluding hydrogens is 693 g/mol. The van der Waals surface area contributed by atoms with Gasteiger partial charge in [0.1, 0.15) is 23.4 Å². The predicted molar refractivity (Wildman–Crippen MR) is 198 cm³/mol. The summed E-state index contributed by atoms with van der Waals surface area (Å²) in [6.07, 6.45) is 2.83. The van der Waals surface area contributed by atoms with E-state index in [1.165, 1.54) is 29.6 Å². The first-order valence-electron chi connectivity index (χ1n) is 15.7. The topological polar surface area (TPSA) is 149 Å². The van der Waals surface area contributed by atoms with E-state index < -0.39 is 34.8 Å². The Balaban J connectivity index is 1.21. The van der Waals surface area contributed by atoms with Crippen molar-refractivity contribution in [3.05, 3.63) is 132 Å². The molecule has 0 spiro atoms. The number of carbonyl (C=O) groups excluding carboxylic acids is 3. The van der Waals surface area contributed by atoms with Gasteiger partial charge in [0.25, 0.3) is 5.91 Å². The third-order valence-electron chi connectivity index (χ3n) is 8.03. The molecule has 2 unspecified atom stereocenters. The van der Waals surface area contributed by atoms with Gasteiger partial charge in [0, 0.05) is 29.6 Å². The van der Waals surface area contributed by atoms with Crippen molar-refractivity contribution in [3.63, 3.8) is 0 Å². The van der Waals surface area contributed by atoms with Crippen LogP contribution in [0.15, 0.2) is 114 Å². The van der Waals surface area contributed by atoms with E-state index >= 15 is 0 Å². The minimum Gasteiger partial charge on any atom is -0.452 e. The molecule has 256 valence electrons. The number of nitrogen functional groups attached to an aromatic ring is 1. The number of esters is 1. The predicted octanol–water partition coefficient (Wildman–Crippen LogP) is 5.15. The van der Waals surface area contributed by atoms with Gasteiger partial charge in [-0.2, -0.15) is 9.36 Å². The summed E-state index contributed by atoms with van der Waals surface area (Å²) in [4.78, 5) is 52.2. The average molecular weight is 727 g/mol. The van der Waals surface area contributed by atoms with Crippen molar-refractivity contribution in [2.24, 2.45) is 10.6 Å². The number of fused-ring (bicyclic) bond motifs is 1. The van der Waals surface area contributed by atoms with E-state index in [2.05, 4.69) is 26.4 Å². The van der Waals surface area contributed by atoms with E-state index in [1.807, 2.05) is 102 Å². The molecule has 3 N–H and O–H groups in total. The summed E-state index contributed by atoms with van der Waals surface area (Å²) in [5, 5.41) is 8.36. The maximum absolute atomic E-state index is 14.4. The smallest absolute Gasteiger partial charge is 0.316 e. The molecule has 3 heterocycles. The fraction of sp³-hybridized carbons (Fsp3) is 0.222. The summed E-state index contributed by atoms with van der Waals surface area (Å²) in [6.45, 7) is 3.76. The number of nitrogens with one attached hydrogen (secondary N) is 1. The number of hydrogen-bond donors (Lipinski definition) is 2. The van der Waals surface area contributed by atoms with Gasteiger partial charge >= 0.3 is 5.97 Å². The van der Waals surface area contributed by atoms with Crippen LogP contribution in [0.5, 0.6) is 0 Å². The van der Waals surface area contributed by atoms with Gasteiger partial charge in [0.15, 0.2) is 11.2 Å². The molecule has 2 aliphatic rings. The molecule has 6 rings (SSSR count). The maximum atomic E-state index is 14.4. The number of β-lactam (4-membered cyclic amide) rings is 1. The number of carbonyl (C=O) groups is 3. The lowest BCUT2D eigenvalue weighted by atomic mass is 9.88. The van der Waals surface area contributed by atoms with Crippen LogP contribution in [-0.4, -0.2) is 73.8 Å². The van der Waals surface area contributed by atoms with Crippen LogP contribution in [0.25, 0.3) is 6.08 Å². The fourth-order valence-electron chi connectivity index (χ4n) is 5.49. The minimum atomic E-state index is -1.04. The molecule has 0 bridgehead atoms. The second-order valence-corrected chi connectivity index (χ2v) is 14.3. The number of benzene rings is 3. The summed E-state index contributed by atoms with van der Waals surface area (Å²) in [7, 11) is 0. The van der Waals surface area contributed by atoms with Gasteiger partial charge in [-0.1, -0.05) is 109 Å². The van der Waals surface area contributed by atoms with Crippen LogP contribution in [0, 0.1) is 5.41 Å². The van der Waals surface area contributed by atoms with Crippen LogP contribution in [0.2, 0.25) is 0 Å². The minimum absolute atomic E-state index is 0.0114. The molecule has 0 aliphatic carbocycles. The van der Waals surface area contributed by atoms with E-state index in [0.717, 1.165) is 28.2 Å². The second-order valence-electron chi connectivity index (χ2n) is 11.5. The highest BCUT2D eigenvalue weighted by Gasteiger charge is 2.58. The normalized spacial score (nSPS) is 20.2. The lowest BCUT2D eigenvalue weighted by molar-refractivity contribution is -0.164. The highest BCUT2D eigenvalue weighted by atomic mass is 32.2. The van der Waals surface area contributed by atoms with Crippen LogP contribution in [0.4, 0.5) is 5.13 Å². The Labute approximate surface area is 302 Å². The van der Waals surface area contributed by atoms with Crippen molar-refractivity contribution in [1.29, 1.82) is 0 Å². The molecule has 50 heavy (non-hydrogen) atoms. The molecule has 0 saturated carbocycles. The number of thioether (sulfide) groups is 2. The monoisotopic (exact) mass is 726 g/mol. The molecule has 2 amide bonds. The average Bonchev–Trinajstić information content (AvgIpc) is 3.59. The summed E-state index contributed by atoms with van der Waals surface area (Å²) in [5.41, 5.74) is 7.21. The molecule has 2 fully saturated rings. The van der Waals surface area contributed by atoms with Gasteiger partial charge in [-0.25, -0.2) is 0 Å². The first-order chi connectivity index (χ1) is 24.4. The Morgan fingerprint density at radius 2 is 1.74 bits per heavy atom. The Morgan fingerprint density at radius 1 is 1.08 bits per heavy atom. The molecule has 4 aromatic rings. The number of rotatable bonds is 14. The third kappa shape index (κ3) is 7.93. The van der Waals surface area contributed by atoms with Crippen molar-refractivity contribution in [1.82, 2.24) is 19.6 Å². The number of amides is 2. The van der Waals surface area contributed by atoms with Crippen molar-refractivity contribution < 1.29 is 24.0 Å². The highest BCUT2D eigenvalue weighted by Crippen LogP contribution is 2.45. The number of nitrogens with zero attached hydrogens (tertiary/aromatic N) is 4. The van der Waals surface area contributed by atoms with Gasteiger partial charge in [0.05, 0.1) is 0 Å². The fourth-order valence-corrected chi connectivity index (χ4v) is 8.57.